The van der Waals surface area contributed by atoms with Crippen molar-refractivity contribution in [2.24, 2.45) is 0 Å². The fraction of sp³-hybridized carbons (Fsp3) is 0.571. The van der Waals surface area contributed by atoms with E-state index in [2.05, 4.69) is 5.10 Å². The van der Waals surface area contributed by atoms with E-state index in [1.165, 1.54) is 0 Å². The van der Waals surface area contributed by atoms with Gasteiger partial charge in [0.2, 0.25) is 0 Å². The first kappa shape index (κ1) is 8.04. The fourth-order valence-corrected chi connectivity index (χ4v) is 0.749. The second-order valence-electron chi connectivity index (χ2n) is 2.07. The van der Waals surface area contributed by atoms with Crippen molar-refractivity contribution in [2.45, 2.75) is 13.5 Å². The van der Waals surface area contributed by atoms with Crippen molar-refractivity contribution >= 4 is 0 Å². The molecule has 1 rings (SSSR count). The molecule has 0 atom stereocenters. The summed E-state index contributed by atoms with van der Waals surface area (Å²) < 4.78 is 18.3. The molecule has 0 unspecified atom stereocenters. The van der Waals surface area contributed by atoms with Crippen LogP contribution >= 0.6 is 0 Å². The van der Waals surface area contributed by atoms with Crippen LogP contribution in [-0.2, 0) is 6.54 Å². The Kier molecular flexibility index (Phi) is 2.89. The van der Waals surface area contributed by atoms with E-state index in [1.807, 2.05) is 6.92 Å². The van der Waals surface area contributed by atoms with Gasteiger partial charge in [-0.05, 0) is 6.92 Å². The van der Waals surface area contributed by atoms with Crippen LogP contribution in [-0.4, -0.2) is 23.1 Å². The summed E-state index contributed by atoms with van der Waals surface area (Å²) >= 11 is 0. The van der Waals surface area contributed by atoms with E-state index < -0.39 is 6.67 Å². The number of halogens is 1. The predicted molar refractivity (Wildman–Crippen MR) is 39.4 cm³/mol. The van der Waals surface area contributed by atoms with Gasteiger partial charge in [0.05, 0.1) is 12.4 Å². The van der Waals surface area contributed by atoms with Crippen LogP contribution in [0.4, 0.5) is 4.39 Å². The lowest BCUT2D eigenvalue weighted by molar-refractivity contribution is 0.273. The SMILES string of the molecule is CCn1cc(OCCF)cn1. The van der Waals surface area contributed by atoms with Gasteiger partial charge in [-0.25, -0.2) is 4.39 Å². The average molecular weight is 158 g/mol. The maximum atomic E-state index is 11.6. The monoisotopic (exact) mass is 158 g/mol. The molecule has 0 aliphatic heterocycles. The predicted octanol–water partition coefficient (Wildman–Crippen LogP) is 1.25. The number of aryl methyl sites for hydroxylation is 1. The van der Waals surface area contributed by atoms with Crippen LogP contribution in [0.5, 0.6) is 5.75 Å². The summed E-state index contributed by atoms with van der Waals surface area (Å²) in [5, 5.41) is 3.96. The molecule has 1 heterocycles. The van der Waals surface area contributed by atoms with Crippen LogP contribution < -0.4 is 4.74 Å². The van der Waals surface area contributed by atoms with Crippen molar-refractivity contribution in [2.75, 3.05) is 13.3 Å². The van der Waals surface area contributed by atoms with Crippen molar-refractivity contribution in [3.8, 4) is 5.75 Å². The van der Waals surface area contributed by atoms with Gasteiger partial charge in [0.1, 0.15) is 13.3 Å². The topological polar surface area (TPSA) is 27.1 Å². The Labute approximate surface area is 64.8 Å². The minimum atomic E-state index is -0.461. The highest BCUT2D eigenvalue weighted by molar-refractivity contribution is 5.11. The number of alkyl halides is 1. The third-order valence-corrected chi connectivity index (χ3v) is 1.28. The van der Waals surface area contributed by atoms with Crippen molar-refractivity contribution in [3.63, 3.8) is 0 Å². The van der Waals surface area contributed by atoms with Crippen molar-refractivity contribution < 1.29 is 9.13 Å². The molecule has 0 spiro atoms. The van der Waals surface area contributed by atoms with Crippen LogP contribution in [0.1, 0.15) is 6.92 Å². The normalized spacial score (nSPS) is 10.0. The third kappa shape index (κ3) is 2.22. The Morgan fingerprint density at radius 1 is 1.73 bits per heavy atom. The second kappa shape index (κ2) is 3.95. The number of hydrogen-bond acceptors (Lipinski definition) is 2. The molecule has 0 aliphatic rings. The largest absolute Gasteiger partial charge is 0.488 e. The molecule has 0 amide bonds. The summed E-state index contributed by atoms with van der Waals surface area (Å²) in [5.41, 5.74) is 0. The zero-order valence-corrected chi connectivity index (χ0v) is 6.46. The molecule has 3 nitrogen and oxygen atoms in total. The summed E-state index contributed by atoms with van der Waals surface area (Å²) in [6, 6.07) is 0. The van der Waals surface area contributed by atoms with Gasteiger partial charge >= 0.3 is 0 Å². The molecule has 4 heteroatoms. The summed E-state index contributed by atoms with van der Waals surface area (Å²) in [4.78, 5) is 0. The van der Waals surface area contributed by atoms with Crippen LogP contribution in [0.2, 0.25) is 0 Å². The van der Waals surface area contributed by atoms with E-state index in [1.54, 1.807) is 17.1 Å². The number of rotatable bonds is 4. The quantitative estimate of drug-likeness (QED) is 0.659. The maximum Gasteiger partial charge on any atom is 0.157 e. The zero-order chi connectivity index (χ0) is 8.10. The molecule has 1 aromatic heterocycles. The van der Waals surface area contributed by atoms with E-state index in [0.717, 1.165) is 6.54 Å². The average Bonchev–Trinajstić information content (AvgIpc) is 2.48. The molecule has 62 valence electrons. The molecule has 0 fully saturated rings. The molecule has 0 saturated heterocycles. The summed E-state index contributed by atoms with van der Waals surface area (Å²) in [6.07, 6.45) is 3.33. The molecule has 1 aromatic rings. The Morgan fingerprint density at radius 2 is 2.55 bits per heavy atom. The van der Waals surface area contributed by atoms with E-state index in [0.29, 0.717) is 5.75 Å². The van der Waals surface area contributed by atoms with Gasteiger partial charge in [-0.1, -0.05) is 0 Å². The van der Waals surface area contributed by atoms with Crippen molar-refractivity contribution in [1.29, 1.82) is 0 Å². The minimum Gasteiger partial charge on any atom is -0.488 e. The van der Waals surface area contributed by atoms with Crippen molar-refractivity contribution in [1.82, 2.24) is 9.78 Å². The molecule has 0 aliphatic carbocycles. The third-order valence-electron chi connectivity index (χ3n) is 1.28. The molecule has 0 bridgehead atoms. The number of nitrogens with zero attached hydrogens (tertiary/aromatic N) is 2. The Morgan fingerprint density at radius 3 is 3.09 bits per heavy atom. The Hall–Kier alpha value is -1.06. The van der Waals surface area contributed by atoms with Crippen molar-refractivity contribution in [3.05, 3.63) is 12.4 Å². The molecule has 0 aromatic carbocycles. The van der Waals surface area contributed by atoms with Gasteiger partial charge in [0.15, 0.2) is 5.75 Å². The van der Waals surface area contributed by atoms with E-state index in [-0.39, 0.29) is 6.61 Å². The summed E-state index contributed by atoms with van der Waals surface area (Å²) in [6.45, 7) is 2.43. The number of aromatic nitrogens is 2. The summed E-state index contributed by atoms with van der Waals surface area (Å²) in [5.74, 6) is 0.629. The number of ether oxygens (including phenoxy) is 1. The van der Waals surface area contributed by atoms with E-state index in [9.17, 15) is 4.39 Å². The van der Waals surface area contributed by atoms with E-state index in [4.69, 9.17) is 4.74 Å². The van der Waals surface area contributed by atoms with Gasteiger partial charge in [-0.15, -0.1) is 0 Å². The van der Waals surface area contributed by atoms with Gasteiger partial charge < -0.3 is 4.74 Å². The second-order valence-corrected chi connectivity index (χ2v) is 2.07. The van der Waals surface area contributed by atoms with Gasteiger partial charge in [-0.2, -0.15) is 5.10 Å². The molecule has 0 saturated carbocycles. The van der Waals surface area contributed by atoms with Gasteiger partial charge in [-0.3, -0.25) is 4.68 Å². The molecular weight excluding hydrogens is 147 g/mol. The lowest BCUT2D eigenvalue weighted by Gasteiger charge is -1.96. The maximum absolute atomic E-state index is 11.6. The standard InChI is InChI=1S/C7H11FN2O/c1-2-10-6-7(5-9-10)11-4-3-8/h5-6H,2-4H2,1H3. The first-order valence-electron chi connectivity index (χ1n) is 3.58. The molecule has 0 N–H and O–H groups in total. The molecule has 0 radical (unpaired) electrons. The molecular formula is C7H11FN2O. The number of hydrogen-bond donors (Lipinski definition) is 0. The lowest BCUT2D eigenvalue weighted by atomic mass is 10.6. The van der Waals surface area contributed by atoms with E-state index >= 15 is 0 Å². The first-order chi connectivity index (χ1) is 5.36. The van der Waals surface area contributed by atoms with Crippen LogP contribution in [0.25, 0.3) is 0 Å². The Bertz CT molecular complexity index is 212. The fourth-order valence-electron chi connectivity index (χ4n) is 0.749. The zero-order valence-electron chi connectivity index (χ0n) is 6.46. The first-order valence-corrected chi connectivity index (χ1v) is 3.58. The van der Waals surface area contributed by atoms with Crippen LogP contribution in [0, 0.1) is 0 Å². The lowest BCUT2D eigenvalue weighted by Crippen LogP contribution is -1.97. The van der Waals surface area contributed by atoms with Gasteiger partial charge in [0.25, 0.3) is 0 Å². The minimum absolute atomic E-state index is 0.107. The van der Waals surface area contributed by atoms with Gasteiger partial charge in [0, 0.05) is 6.54 Å². The highest BCUT2D eigenvalue weighted by atomic mass is 19.1. The smallest absolute Gasteiger partial charge is 0.157 e. The van der Waals surface area contributed by atoms with Crippen LogP contribution in [0.15, 0.2) is 12.4 Å². The highest BCUT2D eigenvalue weighted by Crippen LogP contribution is 2.07. The Balaban J connectivity index is 2.44. The molecule has 11 heavy (non-hydrogen) atoms. The summed E-state index contributed by atoms with van der Waals surface area (Å²) in [7, 11) is 0. The highest BCUT2D eigenvalue weighted by Gasteiger charge is 1.95. The van der Waals surface area contributed by atoms with Crippen LogP contribution in [0.3, 0.4) is 0 Å².